The highest BCUT2D eigenvalue weighted by molar-refractivity contribution is 8.77. The van der Waals surface area contributed by atoms with Crippen molar-refractivity contribution in [2.45, 2.75) is 176 Å². The first-order chi connectivity index (χ1) is 56.4. The van der Waals surface area contributed by atoms with E-state index in [2.05, 4.69) is 58.4 Å². The number of hydrazine groups is 1. The number of ether oxygens (including phenoxy) is 3. The van der Waals surface area contributed by atoms with Gasteiger partial charge in [-0.2, -0.15) is 5.48 Å². The number of nitrogens with one attached hydrogen (secondary N) is 8. The number of β-amino-alcohol motifs (C(OH)–C–C–N with tert-alkyl or cyclic N) is 1. The molecule has 2 aliphatic carbocycles. The zero-order chi connectivity index (χ0) is 85.0. The predicted octanol–water partition coefficient (Wildman–Crippen LogP) is 3.44. The number of fused-ring (bicyclic) bond motifs is 6. The Morgan fingerprint density at radius 1 is 0.907 bits per heavy atom. The van der Waals surface area contributed by atoms with Crippen LogP contribution in [0.5, 0.6) is 5.75 Å². The van der Waals surface area contributed by atoms with Crippen molar-refractivity contribution in [2.24, 2.45) is 29.1 Å². The molecule has 4 amide bonds. The monoisotopic (exact) mass is 1710 g/mol. The van der Waals surface area contributed by atoms with Crippen LogP contribution in [0.2, 0.25) is 0 Å². The molecular weight excluding hydrogens is 1600 g/mol. The Morgan fingerprint density at radius 3 is 2.38 bits per heavy atom. The van der Waals surface area contributed by atoms with Gasteiger partial charge in [0.05, 0.1) is 73.2 Å². The number of aliphatic hydroxyl groups excluding tert-OH is 2. The normalized spacial score (nSPS) is 28.2. The van der Waals surface area contributed by atoms with Gasteiger partial charge in [0.1, 0.15) is 30.3 Å². The van der Waals surface area contributed by atoms with Gasteiger partial charge in [0.25, 0.3) is 5.91 Å². The Bertz CT molecular complexity index is 4450. The molecule has 1 spiro atoms. The number of likely N-dealkylation sites (tertiary alicyclic amines) is 1. The quantitative estimate of drug-likeness (QED) is 0.00444. The number of anilines is 1. The Hall–Kier alpha value is -7.75. The number of piperazine rings is 1. The predicted molar refractivity (Wildman–Crippen MR) is 446 cm³/mol. The molecule has 4 saturated heterocycles. The van der Waals surface area contributed by atoms with Gasteiger partial charge in [0.15, 0.2) is 11.4 Å². The molecule has 118 heavy (non-hydrogen) atoms. The number of allylic oxidation sites excluding steroid dienone is 2. The van der Waals surface area contributed by atoms with Crippen molar-refractivity contribution in [3.05, 3.63) is 94.0 Å². The summed E-state index contributed by atoms with van der Waals surface area (Å²) in [5, 5.41) is 72.2. The average Bonchev–Trinajstić information content (AvgIpc) is 1.46. The summed E-state index contributed by atoms with van der Waals surface area (Å²) in [5.41, 5.74) is 3.99. The van der Waals surface area contributed by atoms with Crippen LogP contribution in [0.1, 0.15) is 122 Å². The number of hydrogen-bond donors (Lipinski definition) is 13. The number of benzene rings is 2. The largest absolute Gasteiger partial charge is 0.496 e. The third-order valence-corrected chi connectivity index (χ3v) is 31.0. The Kier molecular flexibility index (Phi) is 28.3. The second-order valence-electron chi connectivity index (χ2n) is 33.2. The van der Waals surface area contributed by atoms with E-state index in [0.29, 0.717) is 106 Å². The highest BCUT2D eigenvalue weighted by Gasteiger charge is 2.79. The number of amides is 4. The smallest absolute Gasteiger partial charge is 0.426 e. The molecule has 0 bridgehead atoms. The summed E-state index contributed by atoms with van der Waals surface area (Å²) in [4.78, 5) is 165. The number of aliphatic carboxylic acids is 1. The van der Waals surface area contributed by atoms with Crippen molar-refractivity contribution in [1.29, 1.82) is 0 Å². The van der Waals surface area contributed by atoms with Gasteiger partial charge < -0.3 is 80.6 Å². The van der Waals surface area contributed by atoms with Crippen LogP contribution < -0.4 is 47.2 Å². The number of hydroxylamine groups is 1. The summed E-state index contributed by atoms with van der Waals surface area (Å²) < 4.78 is 17.4. The van der Waals surface area contributed by atoms with E-state index >= 15 is 4.79 Å². The van der Waals surface area contributed by atoms with Crippen LogP contribution in [0, 0.1) is 29.1 Å². The number of nitrogens with zero attached hydrogens (tertiary/aromatic N) is 4. The second-order valence-corrected chi connectivity index (χ2v) is 38.6. The molecule has 0 radical (unpaired) electrons. The average molecular weight is 1710 g/mol. The lowest BCUT2D eigenvalue weighted by molar-refractivity contribution is -0.204. The number of ketones is 4. The Morgan fingerprint density at radius 2 is 1.66 bits per heavy atom. The van der Waals surface area contributed by atoms with Crippen LogP contribution in [-0.2, 0) is 79.5 Å². The minimum atomic E-state index is -2.62. The maximum absolute atomic E-state index is 15.2. The van der Waals surface area contributed by atoms with E-state index in [1.807, 2.05) is 79.3 Å². The van der Waals surface area contributed by atoms with Crippen molar-refractivity contribution < 1.29 is 97.3 Å². The second kappa shape index (κ2) is 37.3. The van der Waals surface area contributed by atoms with Gasteiger partial charge in [-0.1, -0.05) is 101 Å². The molecule has 5 fully saturated rings. The van der Waals surface area contributed by atoms with Gasteiger partial charge in [0, 0.05) is 182 Å². The molecule has 9 aliphatic rings. The molecule has 2 aromatic carbocycles. The number of carboxylic acids is 1. The highest BCUT2D eigenvalue weighted by Crippen LogP contribution is 2.68. The number of rotatable bonds is 42. The van der Waals surface area contributed by atoms with E-state index in [9.17, 15) is 73.5 Å². The molecule has 3 aromatic rings. The molecule has 7 aliphatic heterocycles. The first kappa shape index (κ1) is 89.5. The zero-order valence-electron chi connectivity index (χ0n) is 68.2. The van der Waals surface area contributed by atoms with Crippen molar-refractivity contribution in [3.8, 4) is 5.75 Å². The Balaban J connectivity index is 0.630. The lowest BCUT2D eigenvalue weighted by atomic mass is 9.47. The number of hydrogen-bond acceptors (Lipinski definition) is 30. The molecule has 15 atom stereocenters. The number of aromatic nitrogens is 1. The summed E-state index contributed by atoms with van der Waals surface area (Å²) in [6.45, 7) is 13.5. The maximum atomic E-state index is 15.2. The molecule has 644 valence electrons. The molecular formula is C82H112N12O20S4. The molecule has 32 nitrogen and oxygen atoms in total. The SMILES string of the molecule is CC[C@]1(O)C[C@H](C[C@](C)(C(=O)OC)c2cc3c(cc2OC)N(C)[C@H]2[C@@](O)(C(=O)NNC(=O)OCCSSCCCC(=O)[C@H](CNC(=O)CCSSCCNC4=C(C)C(=O)C5=C(C4=O)[C@@H](CNOC=O)[C@@]4(CO)[C@H]6N[C@H]6CN54)NC(=O)[C@H](CC(=O)O)CC(=O)C(C)C)[C@H](O)[C@]4(CC)C=CCN5CC[C@]32[C@@H]54)CN(CCc2c[nH]c3ccccc23)C1. The minimum Gasteiger partial charge on any atom is -0.496 e. The molecule has 1 saturated carbocycles. The number of Topliss-reactive ketones (excluding diaryl/α,β-unsaturated/α-hetero) is 4. The molecule has 13 N–H and O–H groups in total. The summed E-state index contributed by atoms with van der Waals surface area (Å²) >= 11 is 0. The van der Waals surface area contributed by atoms with Crippen molar-refractivity contribution in [3.63, 3.8) is 0 Å². The summed E-state index contributed by atoms with van der Waals surface area (Å²) in [7, 11) is 10.1. The minimum absolute atomic E-state index is 0.000920. The number of piperidine rings is 1. The van der Waals surface area contributed by atoms with Crippen LogP contribution in [0.25, 0.3) is 10.9 Å². The van der Waals surface area contributed by atoms with Gasteiger partial charge in [-0.25, -0.2) is 10.2 Å². The first-order valence-corrected chi connectivity index (χ1v) is 45.6. The zero-order valence-corrected chi connectivity index (χ0v) is 71.5. The number of esters is 1. The van der Waals surface area contributed by atoms with Gasteiger partial charge in [-0.05, 0) is 94.5 Å². The van der Waals surface area contributed by atoms with Gasteiger partial charge >= 0.3 is 24.5 Å². The number of para-hydroxylation sites is 1. The number of carbonyl (C=O) groups is 11. The number of methoxy groups -OCH3 is 2. The van der Waals surface area contributed by atoms with Crippen molar-refractivity contribution in [1.82, 2.24) is 57.3 Å². The lowest BCUT2D eigenvalue weighted by Crippen LogP contribution is -2.82. The number of likely N-dealkylation sites (N-methyl/N-ethyl adjacent to an activating group) is 1. The first-order valence-electron chi connectivity index (χ1n) is 40.6. The van der Waals surface area contributed by atoms with E-state index in [4.69, 9.17) is 19.0 Å². The summed E-state index contributed by atoms with van der Waals surface area (Å²) in [6, 6.07) is 8.96. The van der Waals surface area contributed by atoms with Crippen LogP contribution in [0.3, 0.4) is 0 Å². The maximum Gasteiger partial charge on any atom is 0.426 e. The number of aromatic amines is 1. The highest BCUT2D eigenvalue weighted by atomic mass is 33.1. The Labute approximate surface area is 701 Å². The fourth-order valence-electron chi connectivity index (χ4n) is 20.5. The van der Waals surface area contributed by atoms with Crippen LogP contribution in [0.15, 0.2) is 77.3 Å². The summed E-state index contributed by atoms with van der Waals surface area (Å²) in [5.74, 6) is -6.60. The molecule has 0 unspecified atom stereocenters. The topological polar surface area (TPSA) is 449 Å². The lowest BCUT2D eigenvalue weighted by Gasteiger charge is -2.63. The number of carboxylic acid groups (broad SMARTS) is 1. The van der Waals surface area contributed by atoms with Crippen molar-refractivity contribution >= 4 is 125 Å². The van der Waals surface area contributed by atoms with E-state index in [1.165, 1.54) is 63.0 Å². The number of carbonyl (C=O) groups excluding carboxylic acids is 10. The molecule has 36 heteroatoms. The summed E-state index contributed by atoms with van der Waals surface area (Å²) in [6.07, 6.45) is 4.99. The molecule has 1 aromatic heterocycles. The fraction of sp³-hybridized carbons (Fsp3) is 0.622. The van der Waals surface area contributed by atoms with Crippen LogP contribution >= 0.6 is 43.2 Å². The van der Waals surface area contributed by atoms with Gasteiger partial charge in [0.2, 0.25) is 23.4 Å². The van der Waals surface area contributed by atoms with Gasteiger partial charge in [-0.3, -0.25) is 63.2 Å². The standard InChI is InChI=1S/C82H112N12O20S4/c1-10-78(109)37-48(41-92(43-78)25-19-49-38-84-55-17-13-12-16-51(49)55)36-77(6,75(107)112-9)53-34-52-58(35-61(53)111-8)91(7)72-80(52)22-26-93-24-15-21-79(11-2,71(80)93)73(105)82(72,110)74(106)89-90-76(108)113-27-31-118-115-28-14-18-59(97)56(88-70(104)50(33-63(100)101)32-60(98)46(3)4)40-85-62(99)20-29-116-117-30-23-83-65-47(5)67(102)66-64(68(65)103)54(39-86-114-45-96)81(44-95)69-57(87-69)42-94(66)81/h12-13,15-17,21,34-35,38,45-46,48,50,54,56-57,69,71-73,83-84,86-87,95,105,109-110H,10-11,14,18-20,22-33,36-37,39-44H2,1-9H3,(H,85,99)(H,88,104)(H,89,106)(H,90,108)(H,100,101)/t48-,50-,54+,56-,57-,69-,71-,72+,73+,77-,78-,79+,80+,81-,82-/m0/s1. The van der Waals surface area contributed by atoms with E-state index in [-0.39, 0.29) is 129 Å². The van der Waals surface area contributed by atoms with Gasteiger partial charge in [-0.15, -0.1) is 0 Å². The number of H-pyrrole nitrogens is 1. The number of aliphatic hydroxyl groups is 4. The van der Waals surface area contributed by atoms with E-state index in [0.717, 1.165) is 22.9 Å². The third-order valence-electron chi connectivity index (χ3n) is 26.1. The molecule has 8 heterocycles. The van der Waals surface area contributed by atoms with E-state index in [1.54, 1.807) is 27.8 Å². The fourth-order valence-corrected chi connectivity index (χ4v) is 24.3. The third kappa shape index (κ3) is 17.0. The van der Waals surface area contributed by atoms with E-state index < -0.39 is 123 Å². The van der Waals surface area contributed by atoms with Crippen molar-refractivity contribution in [2.75, 3.05) is 121 Å². The molecule has 12 rings (SSSR count). The van der Waals surface area contributed by atoms with Crippen LogP contribution in [0.4, 0.5) is 10.5 Å². The van der Waals surface area contributed by atoms with Crippen LogP contribution in [-0.4, -0.2) is 280 Å².